The quantitative estimate of drug-likeness (QED) is 0.740. The van der Waals surface area contributed by atoms with Crippen molar-refractivity contribution in [3.8, 4) is 21.1 Å². The Labute approximate surface area is 149 Å². The molecule has 8 heteroatoms. The van der Waals surface area contributed by atoms with Crippen LogP contribution in [0.1, 0.15) is 15.9 Å². The zero-order chi connectivity index (χ0) is 18.0. The predicted octanol–water partition coefficient (Wildman–Crippen LogP) is 2.52. The molecule has 0 saturated carbocycles. The average Bonchev–Trinajstić information content (AvgIpc) is 3.04. The van der Waals surface area contributed by atoms with Gasteiger partial charge in [-0.1, -0.05) is 47.7 Å². The van der Waals surface area contributed by atoms with Gasteiger partial charge >= 0.3 is 0 Å². The van der Waals surface area contributed by atoms with Crippen molar-refractivity contribution in [3.63, 3.8) is 0 Å². The van der Waals surface area contributed by atoms with Crippen LogP contribution in [0.4, 0.5) is 0 Å². The van der Waals surface area contributed by atoms with E-state index in [0.29, 0.717) is 26.7 Å². The topological polar surface area (TPSA) is 103 Å². The molecule has 1 amide bonds. The number of nitrogens with zero attached hydrogens (tertiary/aromatic N) is 2. The minimum absolute atomic E-state index is 0.151. The molecule has 0 saturated heterocycles. The van der Waals surface area contributed by atoms with Crippen LogP contribution in [0.5, 0.6) is 0 Å². The smallest absolute Gasteiger partial charge is 0.248 e. The van der Waals surface area contributed by atoms with Crippen LogP contribution in [0.15, 0.2) is 48.5 Å². The van der Waals surface area contributed by atoms with Crippen molar-refractivity contribution in [1.82, 2.24) is 10.2 Å². The normalized spacial score (nSPS) is 11.4. The molecule has 0 unspecified atom stereocenters. The molecule has 2 aromatic carbocycles. The van der Waals surface area contributed by atoms with Crippen molar-refractivity contribution in [2.75, 3.05) is 6.26 Å². The molecule has 25 heavy (non-hydrogen) atoms. The molecule has 0 aliphatic heterocycles. The predicted molar refractivity (Wildman–Crippen MR) is 97.8 cm³/mol. The summed E-state index contributed by atoms with van der Waals surface area (Å²) in [6.07, 6.45) is 1.16. The van der Waals surface area contributed by atoms with Crippen LogP contribution in [0.25, 0.3) is 21.1 Å². The monoisotopic (exact) mass is 373 g/mol. The molecule has 1 heterocycles. The van der Waals surface area contributed by atoms with Gasteiger partial charge in [0.1, 0.15) is 10.0 Å². The highest BCUT2D eigenvalue weighted by Gasteiger charge is 2.17. The number of aromatic nitrogens is 2. The van der Waals surface area contributed by atoms with Gasteiger partial charge in [0, 0.05) is 22.9 Å². The summed E-state index contributed by atoms with van der Waals surface area (Å²) in [5.41, 5.74) is 7.67. The van der Waals surface area contributed by atoms with Crippen molar-refractivity contribution in [3.05, 3.63) is 59.7 Å². The molecule has 128 valence electrons. The number of nitrogens with two attached hydrogens (primary N) is 1. The number of hydrogen-bond acceptors (Lipinski definition) is 6. The maximum absolute atomic E-state index is 11.7. The Morgan fingerprint density at radius 2 is 1.76 bits per heavy atom. The van der Waals surface area contributed by atoms with E-state index in [1.54, 1.807) is 12.1 Å². The number of amides is 1. The summed E-state index contributed by atoms with van der Waals surface area (Å²) in [5.74, 6) is -0.735. The summed E-state index contributed by atoms with van der Waals surface area (Å²) in [4.78, 5) is 11.5. The minimum atomic E-state index is -3.25. The van der Waals surface area contributed by atoms with Gasteiger partial charge in [-0.15, -0.1) is 10.2 Å². The van der Waals surface area contributed by atoms with Gasteiger partial charge in [0.15, 0.2) is 9.84 Å². The van der Waals surface area contributed by atoms with Gasteiger partial charge < -0.3 is 5.73 Å². The zero-order valence-electron chi connectivity index (χ0n) is 13.3. The molecule has 3 rings (SSSR count). The highest BCUT2D eigenvalue weighted by atomic mass is 32.2. The van der Waals surface area contributed by atoms with Crippen LogP contribution in [-0.2, 0) is 15.6 Å². The second-order valence-electron chi connectivity index (χ2n) is 5.58. The zero-order valence-corrected chi connectivity index (χ0v) is 15.0. The molecule has 0 radical (unpaired) electrons. The van der Waals surface area contributed by atoms with E-state index in [2.05, 4.69) is 10.2 Å². The summed E-state index contributed by atoms with van der Waals surface area (Å²) in [6.45, 7) is 0. The van der Waals surface area contributed by atoms with Crippen LogP contribution >= 0.6 is 11.3 Å². The number of primary amides is 1. The molecule has 0 bridgehead atoms. The van der Waals surface area contributed by atoms with Gasteiger partial charge in [-0.05, 0) is 17.7 Å². The van der Waals surface area contributed by atoms with E-state index in [0.717, 1.165) is 11.8 Å². The van der Waals surface area contributed by atoms with Gasteiger partial charge in [0.05, 0.1) is 5.75 Å². The number of benzene rings is 2. The lowest BCUT2D eigenvalue weighted by Crippen LogP contribution is -2.12. The summed E-state index contributed by atoms with van der Waals surface area (Å²) in [6, 6.07) is 14.2. The lowest BCUT2D eigenvalue weighted by atomic mass is 10.1. The van der Waals surface area contributed by atoms with Crippen molar-refractivity contribution >= 4 is 27.1 Å². The molecule has 1 aromatic heterocycles. The Hall–Kier alpha value is -2.58. The largest absolute Gasteiger partial charge is 0.366 e. The third-order valence-corrected chi connectivity index (χ3v) is 5.33. The Morgan fingerprint density at radius 3 is 2.40 bits per heavy atom. The number of carbonyl (C=O) groups is 1. The molecule has 0 spiro atoms. The Balaban J connectivity index is 2.10. The van der Waals surface area contributed by atoms with Crippen LogP contribution in [0.2, 0.25) is 0 Å². The molecule has 2 N–H and O–H groups in total. The first-order valence-electron chi connectivity index (χ1n) is 7.33. The molecule has 0 aliphatic rings. The SMILES string of the molecule is CS(=O)(=O)Cc1ccc(C(N)=O)cc1-c1nnc(-c2ccccc2)s1. The van der Waals surface area contributed by atoms with E-state index < -0.39 is 15.7 Å². The van der Waals surface area contributed by atoms with E-state index in [4.69, 9.17) is 5.73 Å². The number of sulfone groups is 1. The first-order chi connectivity index (χ1) is 11.8. The second-order valence-corrected chi connectivity index (χ2v) is 8.70. The fourth-order valence-electron chi connectivity index (χ4n) is 2.37. The van der Waals surface area contributed by atoms with E-state index in [1.165, 1.54) is 17.4 Å². The van der Waals surface area contributed by atoms with Crippen LogP contribution in [0, 0.1) is 0 Å². The number of carbonyl (C=O) groups excluding carboxylic acids is 1. The second kappa shape index (κ2) is 6.73. The van der Waals surface area contributed by atoms with Crippen molar-refractivity contribution in [2.24, 2.45) is 5.73 Å². The van der Waals surface area contributed by atoms with E-state index in [-0.39, 0.29) is 5.75 Å². The minimum Gasteiger partial charge on any atom is -0.366 e. The maximum Gasteiger partial charge on any atom is 0.248 e. The standard InChI is InChI=1S/C17H15N3O3S2/c1-25(22,23)10-13-8-7-12(15(18)21)9-14(13)17-20-19-16(24-17)11-5-3-2-4-6-11/h2-9H,10H2,1H3,(H2,18,21). The third kappa shape index (κ3) is 4.09. The maximum atomic E-state index is 11.7. The van der Waals surface area contributed by atoms with E-state index in [1.807, 2.05) is 30.3 Å². The summed E-state index contributed by atoms with van der Waals surface area (Å²) < 4.78 is 23.4. The summed E-state index contributed by atoms with van der Waals surface area (Å²) in [7, 11) is -3.25. The van der Waals surface area contributed by atoms with E-state index >= 15 is 0 Å². The Bertz CT molecular complexity index is 1030. The highest BCUT2D eigenvalue weighted by molar-refractivity contribution is 7.89. The van der Waals surface area contributed by atoms with E-state index in [9.17, 15) is 13.2 Å². The molecule has 0 atom stereocenters. The molecular formula is C17H15N3O3S2. The lowest BCUT2D eigenvalue weighted by Gasteiger charge is -2.07. The average molecular weight is 373 g/mol. The number of rotatable bonds is 5. The first kappa shape index (κ1) is 17.2. The van der Waals surface area contributed by atoms with Crippen molar-refractivity contribution in [2.45, 2.75) is 5.75 Å². The Morgan fingerprint density at radius 1 is 1.08 bits per heavy atom. The number of hydrogen-bond donors (Lipinski definition) is 1. The Kier molecular flexibility index (Phi) is 4.65. The summed E-state index contributed by atoms with van der Waals surface area (Å²) >= 11 is 1.33. The van der Waals surface area contributed by atoms with Gasteiger partial charge in [-0.3, -0.25) is 4.79 Å². The summed E-state index contributed by atoms with van der Waals surface area (Å²) in [5, 5.41) is 9.61. The molecule has 3 aromatic rings. The first-order valence-corrected chi connectivity index (χ1v) is 10.2. The molecule has 0 fully saturated rings. The van der Waals surface area contributed by atoms with Crippen LogP contribution in [-0.4, -0.2) is 30.8 Å². The van der Waals surface area contributed by atoms with Crippen molar-refractivity contribution in [1.29, 1.82) is 0 Å². The third-order valence-electron chi connectivity index (χ3n) is 3.49. The van der Waals surface area contributed by atoms with Gasteiger partial charge in [0.2, 0.25) is 5.91 Å². The van der Waals surface area contributed by atoms with Gasteiger partial charge in [-0.25, -0.2) is 8.42 Å². The molecule has 0 aliphatic carbocycles. The lowest BCUT2D eigenvalue weighted by molar-refractivity contribution is 0.100. The molecule has 6 nitrogen and oxygen atoms in total. The van der Waals surface area contributed by atoms with Crippen LogP contribution < -0.4 is 5.73 Å². The fourth-order valence-corrected chi connectivity index (χ4v) is 4.08. The highest BCUT2D eigenvalue weighted by Crippen LogP contribution is 2.33. The fraction of sp³-hybridized carbons (Fsp3) is 0.118. The molecular weight excluding hydrogens is 358 g/mol. The van der Waals surface area contributed by atoms with Gasteiger partial charge in [0.25, 0.3) is 0 Å². The van der Waals surface area contributed by atoms with Crippen LogP contribution in [0.3, 0.4) is 0 Å². The van der Waals surface area contributed by atoms with Crippen molar-refractivity contribution < 1.29 is 13.2 Å². The van der Waals surface area contributed by atoms with Gasteiger partial charge in [-0.2, -0.15) is 0 Å².